The van der Waals surface area contributed by atoms with Crippen LogP contribution in [-0.4, -0.2) is 22.9 Å². The lowest BCUT2D eigenvalue weighted by atomic mass is 10.2. The van der Waals surface area contributed by atoms with Gasteiger partial charge in [-0.1, -0.05) is 55.0 Å². The van der Waals surface area contributed by atoms with Crippen LogP contribution in [0.5, 0.6) is 0 Å². The molecule has 0 amide bonds. The Balaban J connectivity index is 3.38. The molecule has 136 valence electrons. The number of unbranched alkanes of at least 4 members (excludes halogenated alkanes) is 5. The van der Waals surface area contributed by atoms with Crippen LogP contribution < -0.4 is 0 Å². The minimum absolute atomic E-state index is 0.246. The molecule has 0 heterocycles. The number of rotatable bonds is 16. The maximum atomic E-state index is 10.3. The van der Waals surface area contributed by atoms with Gasteiger partial charge in [0.05, 0.1) is 6.61 Å². The molecule has 0 aliphatic rings. The highest BCUT2D eigenvalue weighted by Crippen LogP contribution is 2.02. The molecule has 0 atom stereocenters. The van der Waals surface area contributed by atoms with Crippen molar-refractivity contribution < 1.29 is 20.0 Å². The first-order valence-electron chi connectivity index (χ1n) is 8.87. The quantitative estimate of drug-likeness (QED) is 0.125. The van der Waals surface area contributed by atoms with E-state index in [1.807, 2.05) is 6.08 Å². The number of carboxylic acids is 1. The second kappa shape index (κ2) is 19.4. The maximum absolute atomic E-state index is 10.3. The Labute approximate surface area is 146 Å². The number of hydrogen-bond acceptors (Lipinski definition) is 3. The molecule has 0 saturated heterocycles. The van der Waals surface area contributed by atoms with Gasteiger partial charge in [-0.15, -0.1) is 0 Å². The van der Waals surface area contributed by atoms with Gasteiger partial charge in [0.1, 0.15) is 0 Å². The fourth-order valence-electron chi connectivity index (χ4n) is 2.03. The van der Waals surface area contributed by atoms with Crippen LogP contribution in [0, 0.1) is 0 Å². The second-order valence-corrected chi connectivity index (χ2v) is 5.58. The monoisotopic (exact) mass is 336 g/mol. The average molecular weight is 336 g/mol. The first-order chi connectivity index (χ1) is 11.8. The Morgan fingerprint density at radius 3 is 2.21 bits per heavy atom. The molecule has 0 aromatic heterocycles. The lowest BCUT2D eigenvalue weighted by Crippen LogP contribution is -1.92. The summed E-state index contributed by atoms with van der Waals surface area (Å²) in [7, 11) is 0. The molecular weight excluding hydrogens is 304 g/mol. The van der Waals surface area contributed by atoms with Gasteiger partial charge in [0.2, 0.25) is 0 Å². The van der Waals surface area contributed by atoms with Crippen LogP contribution in [0.25, 0.3) is 0 Å². The smallest absolute Gasteiger partial charge is 0.303 e. The summed E-state index contributed by atoms with van der Waals surface area (Å²) in [4.78, 5) is 14.3. The summed E-state index contributed by atoms with van der Waals surface area (Å²) in [6, 6.07) is 0. The van der Waals surface area contributed by atoms with Crippen LogP contribution in [0.4, 0.5) is 0 Å². The third-order valence-electron chi connectivity index (χ3n) is 3.36. The number of carboxylic acid groups (broad SMARTS) is 1. The largest absolute Gasteiger partial charge is 0.481 e. The number of carbonyl (C=O) groups is 1. The van der Waals surface area contributed by atoms with E-state index in [1.165, 1.54) is 0 Å². The van der Waals surface area contributed by atoms with E-state index in [1.54, 1.807) is 0 Å². The molecule has 2 N–H and O–H groups in total. The van der Waals surface area contributed by atoms with Crippen LogP contribution in [0.3, 0.4) is 0 Å². The Bertz CT molecular complexity index is 394. The zero-order valence-corrected chi connectivity index (χ0v) is 14.6. The van der Waals surface area contributed by atoms with Gasteiger partial charge in [-0.3, -0.25) is 10.1 Å². The molecule has 0 unspecified atom stereocenters. The van der Waals surface area contributed by atoms with E-state index in [-0.39, 0.29) is 6.42 Å². The van der Waals surface area contributed by atoms with Crippen molar-refractivity contribution in [1.29, 1.82) is 0 Å². The summed E-state index contributed by atoms with van der Waals surface area (Å²) in [6.45, 7) is 0.433. The Hall–Kier alpha value is -1.65. The van der Waals surface area contributed by atoms with Crippen LogP contribution >= 0.6 is 0 Å². The van der Waals surface area contributed by atoms with E-state index in [0.717, 1.165) is 51.4 Å². The van der Waals surface area contributed by atoms with Crippen molar-refractivity contribution in [1.82, 2.24) is 0 Å². The van der Waals surface area contributed by atoms with E-state index in [4.69, 9.17) is 10.4 Å². The summed E-state index contributed by atoms with van der Waals surface area (Å²) < 4.78 is 0. The Morgan fingerprint density at radius 2 is 1.42 bits per heavy atom. The minimum Gasteiger partial charge on any atom is -0.481 e. The average Bonchev–Trinajstić information content (AvgIpc) is 2.56. The molecule has 24 heavy (non-hydrogen) atoms. The molecule has 0 fully saturated rings. The van der Waals surface area contributed by atoms with Crippen molar-refractivity contribution in [3.05, 3.63) is 48.6 Å². The van der Waals surface area contributed by atoms with Crippen LogP contribution in [-0.2, 0) is 9.68 Å². The molecule has 0 aromatic carbocycles. The fourth-order valence-corrected chi connectivity index (χ4v) is 2.03. The van der Waals surface area contributed by atoms with Crippen LogP contribution in [0.15, 0.2) is 48.6 Å². The summed E-state index contributed by atoms with van der Waals surface area (Å²) >= 11 is 0. The van der Waals surface area contributed by atoms with Crippen LogP contribution in [0.1, 0.15) is 64.2 Å². The van der Waals surface area contributed by atoms with Crippen molar-refractivity contribution in [2.75, 3.05) is 6.61 Å². The summed E-state index contributed by atoms with van der Waals surface area (Å²) in [5.41, 5.74) is 0. The predicted octanol–water partition coefficient (Wildman–Crippen LogP) is 5.69. The fraction of sp³-hybridized carbons (Fsp3) is 0.550. The zero-order valence-electron chi connectivity index (χ0n) is 14.6. The highest BCUT2D eigenvalue weighted by molar-refractivity contribution is 5.66. The Kier molecular flexibility index (Phi) is 18.1. The van der Waals surface area contributed by atoms with Gasteiger partial charge in [0, 0.05) is 6.42 Å². The van der Waals surface area contributed by atoms with Gasteiger partial charge in [0.15, 0.2) is 0 Å². The topological polar surface area (TPSA) is 66.8 Å². The van der Waals surface area contributed by atoms with E-state index >= 15 is 0 Å². The highest BCUT2D eigenvalue weighted by Gasteiger charge is 1.92. The third kappa shape index (κ3) is 20.3. The summed E-state index contributed by atoms with van der Waals surface area (Å²) in [6.07, 6.45) is 25.9. The molecule has 0 radical (unpaired) electrons. The van der Waals surface area contributed by atoms with Crippen molar-refractivity contribution in [3.63, 3.8) is 0 Å². The van der Waals surface area contributed by atoms with E-state index < -0.39 is 5.97 Å². The first-order valence-corrected chi connectivity index (χ1v) is 8.87. The van der Waals surface area contributed by atoms with Gasteiger partial charge in [-0.2, -0.15) is 0 Å². The van der Waals surface area contributed by atoms with Gasteiger partial charge in [-0.05, 0) is 51.4 Å². The molecular formula is C20H32O4. The van der Waals surface area contributed by atoms with Crippen LogP contribution in [0.2, 0.25) is 0 Å². The molecule has 4 nitrogen and oxygen atoms in total. The molecule has 4 heteroatoms. The van der Waals surface area contributed by atoms with E-state index in [0.29, 0.717) is 13.0 Å². The van der Waals surface area contributed by atoms with E-state index in [2.05, 4.69) is 47.4 Å². The first kappa shape index (κ1) is 22.4. The minimum atomic E-state index is -0.726. The van der Waals surface area contributed by atoms with Crippen molar-refractivity contribution >= 4 is 5.97 Å². The molecule has 0 aliphatic heterocycles. The van der Waals surface area contributed by atoms with Gasteiger partial charge in [-0.25, -0.2) is 4.89 Å². The van der Waals surface area contributed by atoms with Crippen molar-refractivity contribution in [2.45, 2.75) is 64.2 Å². The number of aliphatic carboxylic acids is 1. The maximum Gasteiger partial charge on any atom is 0.303 e. The zero-order chi connectivity index (χ0) is 17.7. The standard InChI is InChI=1S/C20H32O4/c21-20(22)18-16-14-12-10-8-6-4-2-1-3-5-7-9-11-13-15-17-19-24-23/h1-2,4,6-7,9-10,12,23H,3,5,8,11,13-19H2,(H,21,22)/b2-1+,6-4-,9-7-,12-10-. The van der Waals surface area contributed by atoms with Gasteiger partial charge >= 0.3 is 5.97 Å². The SMILES string of the molecule is O=C(O)CCC/C=C\C/C=C\C=C\CC/C=C\CCCCCOO. The molecule has 0 rings (SSSR count). The summed E-state index contributed by atoms with van der Waals surface area (Å²) in [5.74, 6) is -0.726. The lowest BCUT2D eigenvalue weighted by Gasteiger charge is -1.95. The second-order valence-electron chi connectivity index (χ2n) is 5.58. The lowest BCUT2D eigenvalue weighted by molar-refractivity contribution is -0.242. The molecule has 0 aliphatic carbocycles. The molecule has 0 bridgehead atoms. The van der Waals surface area contributed by atoms with Crippen molar-refractivity contribution in [2.24, 2.45) is 0 Å². The van der Waals surface area contributed by atoms with Gasteiger partial charge in [0.25, 0.3) is 0 Å². The highest BCUT2D eigenvalue weighted by atomic mass is 17.1. The van der Waals surface area contributed by atoms with Gasteiger partial charge < -0.3 is 5.11 Å². The third-order valence-corrected chi connectivity index (χ3v) is 3.36. The number of hydrogen-bond donors (Lipinski definition) is 2. The predicted molar refractivity (Wildman–Crippen MR) is 98.9 cm³/mol. The molecule has 0 aromatic rings. The number of allylic oxidation sites excluding steroid dienone is 8. The molecule has 0 spiro atoms. The molecule has 0 saturated carbocycles. The summed E-state index contributed by atoms with van der Waals surface area (Å²) in [5, 5.41) is 16.7. The Morgan fingerprint density at radius 1 is 0.750 bits per heavy atom. The van der Waals surface area contributed by atoms with Crippen molar-refractivity contribution in [3.8, 4) is 0 Å². The van der Waals surface area contributed by atoms with E-state index in [9.17, 15) is 4.79 Å². The normalized spacial score (nSPS) is 12.4.